The highest BCUT2D eigenvalue weighted by Gasteiger charge is 2.04. The average molecular weight is 244 g/mol. The van der Waals surface area contributed by atoms with E-state index in [1.807, 2.05) is 6.92 Å². The van der Waals surface area contributed by atoms with E-state index in [9.17, 15) is 9.18 Å². The second-order valence-corrected chi connectivity index (χ2v) is 3.90. The van der Waals surface area contributed by atoms with Gasteiger partial charge in [0.15, 0.2) is 0 Å². The first-order chi connectivity index (χ1) is 8.72. The van der Waals surface area contributed by atoms with Crippen LogP contribution in [0.4, 0.5) is 4.39 Å². The van der Waals surface area contributed by atoms with Crippen molar-refractivity contribution in [3.05, 3.63) is 53.5 Å². The molecule has 0 radical (unpaired) electrons. The molecule has 0 amide bonds. The third-order valence-electron chi connectivity index (χ3n) is 2.64. The van der Waals surface area contributed by atoms with Gasteiger partial charge >= 0.3 is 0 Å². The van der Waals surface area contributed by atoms with Crippen LogP contribution in [0, 0.1) is 5.82 Å². The number of carbonyl (C=O) groups is 1. The molecule has 0 aliphatic carbocycles. The maximum Gasteiger partial charge on any atom is 0.146 e. The minimum Gasteiger partial charge on any atom is -0.457 e. The molecule has 2 aromatic rings. The van der Waals surface area contributed by atoms with Crippen molar-refractivity contribution in [2.24, 2.45) is 0 Å². The van der Waals surface area contributed by atoms with Gasteiger partial charge in [0.25, 0.3) is 0 Å². The van der Waals surface area contributed by atoms with Crippen LogP contribution < -0.4 is 0 Å². The van der Waals surface area contributed by atoms with Gasteiger partial charge in [0.05, 0.1) is 0 Å². The molecule has 0 saturated heterocycles. The second kappa shape index (κ2) is 5.45. The summed E-state index contributed by atoms with van der Waals surface area (Å²) in [5.74, 6) is 1.00. The van der Waals surface area contributed by atoms with Gasteiger partial charge in [-0.3, -0.25) is 4.79 Å². The number of furan rings is 1. The van der Waals surface area contributed by atoms with Gasteiger partial charge < -0.3 is 4.42 Å². The van der Waals surface area contributed by atoms with E-state index < -0.39 is 0 Å². The zero-order valence-corrected chi connectivity index (χ0v) is 10.0. The van der Waals surface area contributed by atoms with Gasteiger partial charge in [-0.25, -0.2) is 4.39 Å². The van der Waals surface area contributed by atoms with Crippen molar-refractivity contribution in [3.63, 3.8) is 0 Å². The molecule has 0 aliphatic rings. The number of hydrogen-bond donors (Lipinski definition) is 0. The fraction of sp³-hybridized carbons (Fsp3) is 0.133. The number of halogens is 1. The van der Waals surface area contributed by atoms with Gasteiger partial charge in [-0.05, 0) is 54.5 Å². The summed E-state index contributed by atoms with van der Waals surface area (Å²) in [7, 11) is 0. The molecule has 0 fully saturated rings. The Kier molecular flexibility index (Phi) is 3.72. The minimum absolute atomic E-state index is 0.278. The van der Waals surface area contributed by atoms with Gasteiger partial charge in [-0.15, -0.1) is 0 Å². The zero-order chi connectivity index (χ0) is 13.0. The van der Waals surface area contributed by atoms with Crippen LogP contribution in [0.5, 0.6) is 0 Å². The van der Waals surface area contributed by atoms with E-state index in [1.54, 1.807) is 30.3 Å². The molecule has 0 saturated carbocycles. The Hall–Kier alpha value is -2.16. The van der Waals surface area contributed by atoms with E-state index in [0.717, 1.165) is 11.8 Å². The normalized spacial score (nSPS) is 11.6. The molecule has 1 aromatic carbocycles. The first kappa shape index (κ1) is 12.3. The van der Waals surface area contributed by atoms with E-state index in [2.05, 4.69) is 0 Å². The van der Waals surface area contributed by atoms with Crippen LogP contribution in [0.2, 0.25) is 0 Å². The highest BCUT2D eigenvalue weighted by molar-refractivity contribution is 5.80. The summed E-state index contributed by atoms with van der Waals surface area (Å²) in [5, 5.41) is 0. The molecule has 3 heteroatoms. The molecular formula is C15H13FO2. The minimum atomic E-state index is -0.278. The Morgan fingerprint density at radius 3 is 2.56 bits per heavy atom. The molecule has 0 N–H and O–H groups in total. The van der Waals surface area contributed by atoms with Gasteiger partial charge in [0.2, 0.25) is 0 Å². The predicted octanol–water partition coefficient (Wildman–Crippen LogP) is 4.08. The third-order valence-corrected chi connectivity index (χ3v) is 2.64. The Morgan fingerprint density at radius 1 is 1.22 bits per heavy atom. The molecule has 18 heavy (non-hydrogen) atoms. The number of carbonyl (C=O) groups excluding carboxylic acids is 1. The third kappa shape index (κ3) is 2.74. The first-order valence-corrected chi connectivity index (χ1v) is 5.74. The Balaban J connectivity index is 2.28. The summed E-state index contributed by atoms with van der Waals surface area (Å²) in [5.41, 5.74) is 1.48. The highest BCUT2D eigenvalue weighted by atomic mass is 19.1. The van der Waals surface area contributed by atoms with Crippen molar-refractivity contribution in [1.82, 2.24) is 0 Å². The number of rotatable bonds is 4. The lowest BCUT2D eigenvalue weighted by atomic mass is 10.2. The van der Waals surface area contributed by atoms with Crippen LogP contribution >= 0.6 is 0 Å². The van der Waals surface area contributed by atoms with Crippen LogP contribution in [0.25, 0.3) is 17.4 Å². The van der Waals surface area contributed by atoms with Gasteiger partial charge in [0.1, 0.15) is 23.6 Å². The Labute approximate surface area is 105 Å². The van der Waals surface area contributed by atoms with Crippen molar-refractivity contribution in [2.75, 3.05) is 0 Å². The predicted molar refractivity (Wildman–Crippen MR) is 68.4 cm³/mol. The number of benzene rings is 1. The van der Waals surface area contributed by atoms with Crippen molar-refractivity contribution in [3.8, 4) is 11.3 Å². The summed E-state index contributed by atoms with van der Waals surface area (Å²) in [4.78, 5) is 10.7. The molecule has 0 spiro atoms. The Bertz CT molecular complexity index is 564. The molecule has 2 rings (SSSR count). The van der Waals surface area contributed by atoms with E-state index in [-0.39, 0.29) is 5.82 Å². The SMILES string of the molecule is CCC(C=O)=Cc1ccc(-c2ccc(F)cc2)o1. The van der Waals surface area contributed by atoms with Crippen molar-refractivity contribution in [2.45, 2.75) is 13.3 Å². The van der Waals surface area contributed by atoms with Crippen LogP contribution in [-0.4, -0.2) is 6.29 Å². The van der Waals surface area contributed by atoms with Crippen LogP contribution in [0.1, 0.15) is 19.1 Å². The van der Waals surface area contributed by atoms with Crippen molar-refractivity contribution < 1.29 is 13.6 Å². The van der Waals surface area contributed by atoms with Crippen LogP contribution in [0.3, 0.4) is 0 Å². The molecule has 1 aromatic heterocycles. The van der Waals surface area contributed by atoms with E-state index in [1.165, 1.54) is 12.1 Å². The molecule has 92 valence electrons. The lowest BCUT2D eigenvalue weighted by molar-refractivity contribution is -0.104. The lowest BCUT2D eigenvalue weighted by Gasteiger charge is -1.96. The molecule has 2 nitrogen and oxygen atoms in total. The van der Waals surface area contributed by atoms with Crippen molar-refractivity contribution >= 4 is 12.4 Å². The van der Waals surface area contributed by atoms with Crippen LogP contribution in [0.15, 0.2) is 46.4 Å². The standard InChI is InChI=1S/C15H13FO2/c1-2-11(10-17)9-14-7-8-15(18-14)12-3-5-13(16)6-4-12/h3-10H,2H2,1H3. The molecule has 0 unspecified atom stereocenters. The van der Waals surface area contributed by atoms with E-state index in [4.69, 9.17) is 4.42 Å². The molecule has 0 bridgehead atoms. The number of aldehydes is 1. The number of allylic oxidation sites excluding steroid dienone is 1. The lowest BCUT2D eigenvalue weighted by Crippen LogP contribution is -1.80. The fourth-order valence-corrected chi connectivity index (χ4v) is 1.60. The summed E-state index contributed by atoms with van der Waals surface area (Å²) >= 11 is 0. The van der Waals surface area contributed by atoms with E-state index in [0.29, 0.717) is 23.5 Å². The average Bonchev–Trinajstić information content (AvgIpc) is 2.85. The quantitative estimate of drug-likeness (QED) is 0.599. The molecular weight excluding hydrogens is 231 g/mol. The van der Waals surface area contributed by atoms with Gasteiger partial charge in [-0.1, -0.05) is 6.92 Å². The zero-order valence-electron chi connectivity index (χ0n) is 10.0. The summed E-state index contributed by atoms with van der Waals surface area (Å²) in [6.45, 7) is 1.91. The molecule has 0 aliphatic heterocycles. The van der Waals surface area contributed by atoms with Gasteiger partial charge in [-0.2, -0.15) is 0 Å². The monoisotopic (exact) mass is 244 g/mol. The molecule has 0 atom stereocenters. The van der Waals surface area contributed by atoms with Gasteiger partial charge in [0, 0.05) is 5.56 Å². The largest absolute Gasteiger partial charge is 0.457 e. The summed E-state index contributed by atoms with van der Waals surface area (Å²) < 4.78 is 18.4. The fourth-order valence-electron chi connectivity index (χ4n) is 1.60. The second-order valence-electron chi connectivity index (χ2n) is 3.90. The maximum atomic E-state index is 12.8. The van der Waals surface area contributed by atoms with E-state index >= 15 is 0 Å². The molecule has 1 heterocycles. The van der Waals surface area contributed by atoms with Crippen LogP contribution in [-0.2, 0) is 4.79 Å². The summed E-state index contributed by atoms with van der Waals surface area (Å²) in [6, 6.07) is 9.67. The smallest absolute Gasteiger partial charge is 0.146 e. The number of hydrogen-bond acceptors (Lipinski definition) is 2. The first-order valence-electron chi connectivity index (χ1n) is 5.74. The Morgan fingerprint density at radius 2 is 1.94 bits per heavy atom. The van der Waals surface area contributed by atoms with Crippen molar-refractivity contribution in [1.29, 1.82) is 0 Å². The highest BCUT2D eigenvalue weighted by Crippen LogP contribution is 2.23. The topological polar surface area (TPSA) is 30.2 Å². The maximum absolute atomic E-state index is 12.8. The summed E-state index contributed by atoms with van der Waals surface area (Å²) in [6.07, 6.45) is 3.19.